The lowest BCUT2D eigenvalue weighted by Crippen LogP contribution is -2.46. The summed E-state index contributed by atoms with van der Waals surface area (Å²) in [4.78, 5) is 13.1. The van der Waals surface area contributed by atoms with Gasteiger partial charge in [-0.15, -0.1) is 0 Å². The summed E-state index contributed by atoms with van der Waals surface area (Å²) in [5, 5.41) is 15.3. The lowest BCUT2D eigenvalue weighted by molar-refractivity contribution is -0.936. The molecule has 1 aromatic carbocycles. The summed E-state index contributed by atoms with van der Waals surface area (Å²) in [5.74, 6) is -1.68. The van der Waals surface area contributed by atoms with E-state index in [-0.39, 0.29) is 5.82 Å². The molecule has 6 heteroatoms. The highest BCUT2D eigenvalue weighted by Crippen LogP contribution is 2.13. The van der Waals surface area contributed by atoms with Crippen molar-refractivity contribution in [3.8, 4) is 0 Å². The molecule has 0 amide bonds. The third-order valence-corrected chi connectivity index (χ3v) is 3.97. The summed E-state index contributed by atoms with van der Waals surface area (Å²) in [7, 11) is 0. The van der Waals surface area contributed by atoms with Crippen molar-refractivity contribution in [2.75, 3.05) is 19.6 Å². The number of carboxylic acid groups (broad SMARTS) is 1. The van der Waals surface area contributed by atoms with E-state index in [4.69, 9.17) is 0 Å². The van der Waals surface area contributed by atoms with Crippen LogP contribution in [-0.2, 0) is 6.54 Å². The summed E-state index contributed by atoms with van der Waals surface area (Å²) < 4.78 is 1.20. The number of aromatic carboxylic acids is 1. The Kier molecular flexibility index (Phi) is 7.25. The van der Waals surface area contributed by atoms with Crippen molar-refractivity contribution in [3.63, 3.8) is 0 Å². The van der Waals surface area contributed by atoms with Gasteiger partial charge in [-0.05, 0) is 20.8 Å². The van der Waals surface area contributed by atoms with Crippen LogP contribution in [-0.4, -0.2) is 45.3 Å². The van der Waals surface area contributed by atoms with E-state index < -0.39 is 5.97 Å². The van der Waals surface area contributed by atoms with Gasteiger partial charge in [0.25, 0.3) is 0 Å². The molecule has 0 aliphatic heterocycles. The van der Waals surface area contributed by atoms with Crippen LogP contribution < -0.4 is 5.11 Å². The van der Waals surface area contributed by atoms with E-state index in [0.29, 0.717) is 0 Å². The first-order chi connectivity index (χ1) is 10.6. The Morgan fingerprint density at radius 1 is 1.14 bits per heavy atom. The maximum absolute atomic E-state index is 9.81. The van der Waals surface area contributed by atoms with Crippen LogP contribution in [0.25, 0.3) is 0 Å². The summed E-state index contributed by atoms with van der Waals surface area (Å²) in [6.07, 6.45) is 1.17. The summed E-state index contributed by atoms with van der Waals surface area (Å²) in [6.45, 7) is 11.7. The number of quaternary nitrogens is 1. The Morgan fingerprint density at radius 2 is 1.73 bits per heavy atom. The maximum Gasteiger partial charge on any atom is 0.196 e. The maximum atomic E-state index is 9.81. The van der Waals surface area contributed by atoms with Crippen LogP contribution >= 0.6 is 0 Å². The quantitative estimate of drug-likeness (QED) is 0.814. The third kappa shape index (κ3) is 5.29. The smallest absolute Gasteiger partial charge is 0.196 e. The average molecular weight is 304 g/mol. The van der Waals surface area contributed by atoms with E-state index in [9.17, 15) is 9.90 Å². The molecule has 0 atom stereocenters. The predicted octanol–water partition coefficient (Wildman–Crippen LogP) is 1.23. The van der Waals surface area contributed by atoms with Crippen molar-refractivity contribution in [1.82, 2.24) is 15.2 Å². The highest BCUT2D eigenvalue weighted by Gasteiger charge is 2.20. The summed E-state index contributed by atoms with van der Waals surface area (Å²) >= 11 is 0. The van der Waals surface area contributed by atoms with Crippen molar-refractivity contribution in [2.24, 2.45) is 0 Å². The number of carbonyl (C=O) groups excluding carboxylic acids is 1. The van der Waals surface area contributed by atoms with Crippen molar-refractivity contribution in [1.29, 1.82) is 0 Å². The number of carboxylic acids is 1. The molecule has 1 heterocycles. The van der Waals surface area contributed by atoms with E-state index >= 15 is 0 Å². The monoisotopic (exact) mass is 304 g/mol. The Hall–Kier alpha value is -2.21. The molecule has 0 fully saturated rings. The predicted molar refractivity (Wildman–Crippen MR) is 82.7 cm³/mol. The molecule has 0 unspecified atom stereocenters. The van der Waals surface area contributed by atoms with Crippen LogP contribution in [0.1, 0.15) is 37.0 Å². The Labute approximate surface area is 131 Å². The number of hydrogen-bond donors (Lipinski definition) is 1. The molecule has 120 valence electrons. The van der Waals surface area contributed by atoms with Gasteiger partial charge in [0.2, 0.25) is 0 Å². The Balaban J connectivity index is 0.000000255. The fourth-order valence-electron chi connectivity index (χ4n) is 2.28. The Bertz CT molecular complexity index is 528. The minimum atomic E-state index is -1.37. The fraction of sp³-hybridized carbons (Fsp3) is 0.438. The van der Waals surface area contributed by atoms with Crippen molar-refractivity contribution < 1.29 is 14.4 Å². The second kappa shape index (κ2) is 8.94. The number of nitrogens with one attached hydrogen (secondary N) is 1. The molecule has 22 heavy (non-hydrogen) atoms. The van der Waals surface area contributed by atoms with E-state index in [1.54, 1.807) is 0 Å². The first-order valence-electron chi connectivity index (χ1n) is 7.53. The molecule has 0 spiro atoms. The van der Waals surface area contributed by atoms with Gasteiger partial charge in [-0.3, -0.25) is 5.10 Å². The molecule has 0 aliphatic carbocycles. The van der Waals surface area contributed by atoms with Crippen LogP contribution in [0.2, 0.25) is 0 Å². The van der Waals surface area contributed by atoms with Gasteiger partial charge in [0.05, 0.1) is 19.6 Å². The molecule has 0 radical (unpaired) electrons. The highest BCUT2D eigenvalue weighted by molar-refractivity contribution is 5.80. The third-order valence-electron chi connectivity index (χ3n) is 3.97. The molecular formula is C16H24N4O2. The van der Waals surface area contributed by atoms with Gasteiger partial charge in [0, 0.05) is 5.56 Å². The number of hydrogen-bond acceptors (Lipinski definition) is 4. The van der Waals surface area contributed by atoms with Crippen molar-refractivity contribution in [3.05, 3.63) is 48.0 Å². The van der Waals surface area contributed by atoms with E-state index in [2.05, 4.69) is 66.3 Å². The number of aromatic amines is 1. The number of H-pyrrole nitrogens is 1. The molecule has 0 bridgehead atoms. The number of carbonyl (C=O) groups is 1. The van der Waals surface area contributed by atoms with Crippen LogP contribution in [0.4, 0.5) is 0 Å². The second-order valence-corrected chi connectivity index (χ2v) is 5.04. The van der Waals surface area contributed by atoms with E-state index in [1.807, 2.05) is 0 Å². The van der Waals surface area contributed by atoms with E-state index in [0.717, 1.165) is 0 Å². The molecule has 0 saturated heterocycles. The zero-order valence-electron chi connectivity index (χ0n) is 13.5. The van der Waals surface area contributed by atoms with Gasteiger partial charge in [0.15, 0.2) is 5.82 Å². The molecular weight excluding hydrogens is 280 g/mol. The first kappa shape index (κ1) is 17.8. The first-order valence-corrected chi connectivity index (χ1v) is 7.53. The highest BCUT2D eigenvalue weighted by atomic mass is 16.4. The molecule has 2 rings (SSSR count). The van der Waals surface area contributed by atoms with Gasteiger partial charge in [-0.25, -0.2) is 4.98 Å². The molecule has 1 aromatic heterocycles. The number of aromatic nitrogens is 3. The van der Waals surface area contributed by atoms with Gasteiger partial charge >= 0.3 is 0 Å². The SMILES string of the molecule is CC[N+](CC)(CC)Cc1ccccc1.O=C([O-])c1nc[nH]n1. The molecule has 0 saturated carbocycles. The van der Waals surface area contributed by atoms with Gasteiger partial charge in [-0.2, -0.15) is 5.10 Å². The molecule has 1 N–H and O–H groups in total. The normalized spacial score (nSPS) is 10.7. The Morgan fingerprint density at radius 3 is 2.09 bits per heavy atom. The number of rotatable bonds is 6. The van der Waals surface area contributed by atoms with Crippen LogP contribution in [0.3, 0.4) is 0 Å². The zero-order valence-corrected chi connectivity index (χ0v) is 13.5. The molecule has 2 aromatic rings. The molecule has 6 nitrogen and oxygen atoms in total. The van der Waals surface area contributed by atoms with Crippen LogP contribution in [0, 0.1) is 0 Å². The average Bonchev–Trinajstić information content (AvgIpc) is 3.09. The van der Waals surface area contributed by atoms with Crippen LogP contribution in [0.5, 0.6) is 0 Å². The topological polar surface area (TPSA) is 81.7 Å². The summed E-state index contributed by atoms with van der Waals surface area (Å²) in [5.41, 5.74) is 1.46. The molecule has 0 aliphatic rings. The lowest BCUT2D eigenvalue weighted by atomic mass is 10.2. The van der Waals surface area contributed by atoms with Gasteiger partial charge < -0.3 is 14.4 Å². The number of nitrogens with zero attached hydrogens (tertiary/aromatic N) is 3. The minimum absolute atomic E-state index is 0.315. The fourth-order valence-corrected chi connectivity index (χ4v) is 2.28. The van der Waals surface area contributed by atoms with Crippen molar-refractivity contribution in [2.45, 2.75) is 27.3 Å². The lowest BCUT2D eigenvalue weighted by Gasteiger charge is -2.35. The second-order valence-electron chi connectivity index (χ2n) is 5.04. The minimum Gasteiger partial charge on any atom is -0.541 e. The van der Waals surface area contributed by atoms with Crippen LogP contribution in [0.15, 0.2) is 36.7 Å². The zero-order chi connectivity index (χ0) is 16.4. The van der Waals surface area contributed by atoms with Gasteiger partial charge in [-0.1, -0.05) is 30.3 Å². The van der Waals surface area contributed by atoms with Gasteiger partial charge in [0.1, 0.15) is 18.8 Å². The van der Waals surface area contributed by atoms with E-state index in [1.165, 1.54) is 42.6 Å². The largest absolute Gasteiger partial charge is 0.541 e. The van der Waals surface area contributed by atoms with Crippen molar-refractivity contribution >= 4 is 5.97 Å². The standard InChI is InChI=1S/C13H22N.C3H3N3O2/c1-4-14(5-2,6-3)12-13-10-8-7-9-11-13;7-3(8)2-4-1-5-6-2/h7-11H,4-6,12H2,1-3H3;1H,(H,7,8)(H,4,5,6)/q+1;/p-1. The number of benzene rings is 1. The summed E-state index contributed by atoms with van der Waals surface area (Å²) in [6, 6.07) is 10.8.